The van der Waals surface area contributed by atoms with E-state index < -0.39 is 26.7 Å². The van der Waals surface area contributed by atoms with Crippen LogP contribution in [0.3, 0.4) is 0 Å². The molecule has 0 aliphatic heterocycles. The van der Waals surface area contributed by atoms with Gasteiger partial charge in [-0.3, -0.25) is 9.35 Å². The summed E-state index contributed by atoms with van der Waals surface area (Å²) in [7, 11) is -3.26. The van der Waals surface area contributed by atoms with Crippen molar-refractivity contribution in [2.45, 2.75) is 18.2 Å². The first-order valence-corrected chi connectivity index (χ1v) is 13.3. The lowest BCUT2D eigenvalue weighted by Gasteiger charge is -2.13. The van der Waals surface area contributed by atoms with Gasteiger partial charge in [-0.15, -0.1) is 10.2 Å². The molecule has 0 unspecified atom stereocenters. The van der Waals surface area contributed by atoms with Crippen LogP contribution >= 0.6 is 23.2 Å². The summed E-state index contributed by atoms with van der Waals surface area (Å²) in [5.74, 6) is -0.776. The van der Waals surface area contributed by atoms with Crippen molar-refractivity contribution < 1.29 is 27.6 Å². The number of carbonyl (C=O) groups is 1. The maximum absolute atomic E-state index is 13.2. The number of phenols is 1. The van der Waals surface area contributed by atoms with Crippen LogP contribution in [-0.4, -0.2) is 31.1 Å². The molecule has 0 spiro atoms. The molecule has 0 bridgehead atoms. The number of amides is 1. The normalized spacial score (nSPS) is 11.7. The van der Waals surface area contributed by atoms with Crippen LogP contribution in [0.4, 0.5) is 17.1 Å². The summed E-state index contributed by atoms with van der Waals surface area (Å²) in [6.07, 6.45) is 0.205. The van der Waals surface area contributed by atoms with Crippen LogP contribution in [0.25, 0.3) is 10.8 Å². The van der Waals surface area contributed by atoms with Gasteiger partial charge in [0, 0.05) is 22.2 Å². The van der Waals surface area contributed by atoms with Crippen LogP contribution < -0.4 is 10.1 Å². The largest absolute Gasteiger partial charge is 0.505 e. The fourth-order valence-electron chi connectivity index (χ4n) is 3.92. The molecule has 38 heavy (non-hydrogen) atoms. The number of fused-ring (bicyclic) bond motifs is 1. The van der Waals surface area contributed by atoms with Crippen molar-refractivity contribution in [1.82, 2.24) is 0 Å². The van der Waals surface area contributed by atoms with Gasteiger partial charge in [-0.05, 0) is 47.7 Å². The third kappa shape index (κ3) is 5.44. The smallest absolute Gasteiger partial charge is 0.297 e. The van der Waals surface area contributed by atoms with E-state index in [4.69, 9.17) is 27.9 Å². The summed E-state index contributed by atoms with van der Waals surface area (Å²) >= 11 is 12.2. The quantitative estimate of drug-likeness (QED) is 0.156. The second-order valence-electron chi connectivity index (χ2n) is 8.05. The number of rotatable bonds is 7. The predicted molar refractivity (Wildman–Crippen MR) is 146 cm³/mol. The first-order valence-electron chi connectivity index (χ1n) is 11.1. The van der Waals surface area contributed by atoms with Gasteiger partial charge in [0.2, 0.25) is 0 Å². The Bertz CT molecular complexity index is 1710. The first kappa shape index (κ1) is 27.3. The van der Waals surface area contributed by atoms with Crippen molar-refractivity contribution in [2.24, 2.45) is 10.2 Å². The van der Waals surface area contributed by atoms with Gasteiger partial charge in [-0.25, -0.2) is 0 Å². The molecule has 12 heteroatoms. The summed E-state index contributed by atoms with van der Waals surface area (Å²) in [4.78, 5) is 12.7. The van der Waals surface area contributed by atoms with Gasteiger partial charge >= 0.3 is 0 Å². The van der Waals surface area contributed by atoms with Crippen LogP contribution in [0, 0.1) is 0 Å². The SMILES string of the molecule is CCc1c(Cl)ccc(N=Nc2c(O)c(C(=O)Nc3ccc(Cl)c(OC)c3)cc3ccccc23)c1S(=O)(=O)O. The molecule has 196 valence electrons. The second-order valence-corrected chi connectivity index (χ2v) is 10.2. The Hall–Kier alpha value is -3.70. The minimum Gasteiger partial charge on any atom is -0.505 e. The topological polar surface area (TPSA) is 138 Å². The lowest BCUT2D eigenvalue weighted by atomic mass is 10.0. The van der Waals surface area contributed by atoms with Crippen molar-refractivity contribution in [3.05, 3.63) is 81.8 Å². The fourth-order valence-corrected chi connectivity index (χ4v) is 5.40. The number of methoxy groups -OCH3 is 1. The average Bonchev–Trinajstić information content (AvgIpc) is 2.88. The van der Waals surface area contributed by atoms with E-state index >= 15 is 0 Å². The molecule has 0 aliphatic rings. The Morgan fingerprint density at radius 1 is 1.03 bits per heavy atom. The highest BCUT2D eigenvalue weighted by molar-refractivity contribution is 7.86. The zero-order valence-corrected chi connectivity index (χ0v) is 22.4. The third-order valence-corrected chi connectivity index (χ3v) is 7.34. The minimum atomic E-state index is -4.71. The van der Waals surface area contributed by atoms with E-state index in [0.29, 0.717) is 27.2 Å². The number of hydrogen-bond acceptors (Lipinski definition) is 7. The zero-order valence-electron chi connectivity index (χ0n) is 20.1. The molecule has 3 N–H and O–H groups in total. The number of ether oxygens (including phenoxy) is 1. The van der Waals surface area contributed by atoms with E-state index in [0.717, 1.165) is 0 Å². The zero-order chi connectivity index (χ0) is 27.6. The molecule has 0 aliphatic carbocycles. The second kappa shape index (κ2) is 11.0. The third-order valence-electron chi connectivity index (χ3n) is 5.70. The van der Waals surface area contributed by atoms with E-state index in [1.54, 1.807) is 43.3 Å². The van der Waals surface area contributed by atoms with E-state index in [1.165, 1.54) is 31.4 Å². The molecule has 1 amide bonds. The molecule has 4 aromatic rings. The summed E-state index contributed by atoms with van der Waals surface area (Å²) < 4.78 is 39.3. The lowest BCUT2D eigenvalue weighted by molar-refractivity contribution is 0.102. The van der Waals surface area contributed by atoms with Gasteiger partial charge in [-0.1, -0.05) is 54.4 Å². The summed E-state index contributed by atoms with van der Waals surface area (Å²) in [6.45, 7) is 1.68. The molecule has 0 atom stereocenters. The Morgan fingerprint density at radius 2 is 1.74 bits per heavy atom. The molecular weight excluding hydrogens is 553 g/mol. The molecule has 0 saturated heterocycles. The number of anilines is 1. The molecule has 0 aromatic heterocycles. The summed E-state index contributed by atoms with van der Waals surface area (Å²) in [5, 5.41) is 23.4. The summed E-state index contributed by atoms with van der Waals surface area (Å²) in [5.41, 5.74) is 0.188. The van der Waals surface area contributed by atoms with E-state index in [9.17, 15) is 22.9 Å². The van der Waals surface area contributed by atoms with Crippen molar-refractivity contribution in [3.8, 4) is 11.5 Å². The van der Waals surface area contributed by atoms with Crippen LogP contribution in [-0.2, 0) is 16.5 Å². The van der Waals surface area contributed by atoms with Gasteiger partial charge in [0.1, 0.15) is 22.0 Å². The highest BCUT2D eigenvalue weighted by Crippen LogP contribution is 2.41. The number of phenolic OH excluding ortho intramolecular Hbond substituents is 1. The van der Waals surface area contributed by atoms with Gasteiger partial charge < -0.3 is 15.2 Å². The van der Waals surface area contributed by atoms with E-state index in [-0.39, 0.29) is 33.9 Å². The molecule has 0 heterocycles. The number of nitrogens with zero attached hydrogens (tertiary/aromatic N) is 2. The average molecular weight is 574 g/mol. The molecule has 0 radical (unpaired) electrons. The Morgan fingerprint density at radius 3 is 2.42 bits per heavy atom. The van der Waals surface area contributed by atoms with Gasteiger partial charge in [0.05, 0.1) is 17.7 Å². The van der Waals surface area contributed by atoms with Gasteiger partial charge in [0.25, 0.3) is 16.0 Å². The number of hydrogen-bond donors (Lipinski definition) is 3. The molecule has 9 nitrogen and oxygen atoms in total. The number of halogens is 2. The van der Waals surface area contributed by atoms with Crippen LogP contribution in [0.1, 0.15) is 22.8 Å². The summed E-state index contributed by atoms with van der Waals surface area (Å²) in [6, 6.07) is 15.7. The molecule has 4 aromatic carbocycles. The highest BCUT2D eigenvalue weighted by atomic mass is 35.5. The lowest BCUT2D eigenvalue weighted by Crippen LogP contribution is -2.12. The minimum absolute atomic E-state index is 0.0729. The van der Waals surface area contributed by atoms with Crippen molar-refractivity contribution in [3.63, 3.8) is 0 Å². The van der Waals surface area contributed by atoms with Crippen molar-refractivity contribution >= 4 is 67.1 Å². The number of carbonyl (C=O) groups excluding carboxylic acids is 1. The van der Waals surface area contributed by atoms with Crippen LogP contribution in [0.2, 0.25) is 10.0 Å². The first-order chi connectivity index (χ1) is 18.0. The highest BCUT2D eigenvalue weighted by Gasteiger charge is 2.23. The molecule has 0 saturated carbocycles. The van der Waals surface area contributed by atoms with Crippen molar-refractivity contribution in [1.29, 1.82) is 0 Å². The monoisotopic (exact) mass is 573 g/mol. The Kier molecular flexibility index (Phi) is 7.89. The number of benzene rings is 4. The van der Waals surface area contributed by atoms with E-state index in [2.05, 4.69) is 15.5 Å². The van der Waals surface area contributed by atoms with Gasteiger partial charge in [0.15, 0.2) is 5.75 Å². The number of aromatic hydroxyl groups is 1. The van der Waals surface area contributed by atoms with E-state index in [1.807, 2.05) is 0 Å². The number of nitrogens with one attached hydrogen (secondary N) is 1. The maximum atomic E-state index is 13.2. The molecule has 4 rings (SSSR count). The Labute approximate surface area is 228 Å². The predicted octanol–water partition coefficient (Wildman–Crippen LogP) is 7.34. The van der Waals surface area contributed by atoms with Crippen LogP contribution in [0.15, 0.2) is 75.8 Å². The number of azo groups is 1. The van der Waals surface area contributed by atoms with Crippen LogP contribution in [0.5, 0.6) is 11.5 Å². The fraction of sp³-hybridized carbons (Fsp3) is 0.115. The molecular formula is C26H21Cl2N3O6S. The molecule has 0 fully saturated rings. The Balaban J connectivity index is 1.83. The van der Waals surface area contributed by atoms with Crippen molar-refractivity contribution in [2.75, 3.05) is 12.4 Å². The maximum Gasteiger partial charge on any atom is 0.297 e. The standard InChI is InChI=1S/C26H21Cl2N3O6S/c1-3-16-19(27)10-11-21(25(16)38(34,35)36)30-31-23-17-7-5-4-6-14(17)12-18(24(23)32)26(33)29-15-8-9-20(28)22(13-15)37-2/h4-13,32H,3H2,1-2H3,(H,29,33)(H,34,35,36). The van der Waals surface area contributed by atoms with Gasteiger partial charge in [-0.2, -0.15) is 8.42 Å².